The first-order chi connectivity index (χ1) is 9.72. The van der Waals surface area contributed by atoms with E-state index >= 15 is 0 Å². The van der Waals surface area contributed by atoms with Crippen molar-refractivity contribution in [1.82, 2.24) is 10.3 Å². The molecule has 1 aromatic heterocycles. The van der Waals surface area contributed by atoms with Gasteiger partial charge in [0, 0.05) is 17.8 Å². The Morgan fingerprint density at radius 1 is 1.25 bits per heavy atom. The second kappa shape index (κ2) is 7.06. The van der Waals surface area contributed by atoms with Gasteiger partial charge in [0.15, 0.2) is 0 Å². The normalized spacial score (nSPS) is 11.9. The number of amides is 1. The number of halogens is 1. The van der Waals surface area contributed by atoms with Gasteiger partial charge >= 0.3 is 0 Å². The lowest BCUT2D eigenvalue weighted by Gasteiger charge is -2.16. The van der Waals surface area contributed by atoms with Crippen LogP contribution in [0.15, 0.2) is 48.7 Å². The van der Waals surface area contributed by atoms with E-state index in [4.69, 9.17) is 11.6 Å². The fourth-order valence-corrected chi connectivity index (χ4v) is 2.13. The van der Waals surface area contributed by atoms with Crippen LogP contribution in [0, 0.1) is 0 Å². The van der Waals surface area contributed by atoms with Crippen LogP contribution in [0.25, 0.3) is 0 Å². The fourth-order valence-electron chi connectivity index (χ4n) is 2.01. The van der Waals surface area contributed by atoms with E-state index in [1.807, 2.05) is 37.3 Å². The number of benzene rings is 1. The highest BCUT2D eigenvalue weighted by molar-refractivity contribution is 6.30. The topological polar surface area (TPSA) is 42.0 Å². The average Bonchev–Trinajstić information content (AvgIpc) is 2.48. The number of nitrogens with one attached hydrogen (secondary N) is 1. The van der Waals surface area contributed by atoms with Crippen LogP contribution < -0.4 is 5.32 Å². The van der Waals surface area contributed by atoms with Crippen LogP contribution in [-0.2, 0) is 4.79 Å². The Hall–Kier alpha value is -1.87. The van der Waals surface area contributed by atoms with Crippen molar-refractivity contribution < 1.29 is 4.79 Å². The van der Waals surface area contributed by atoms with Gasteiger partial charge < -0.3 is 5.32 Å². The van der Waals surface area contributed by atoms with Gasteiger partial charge in [0.2, 0.25) is 5.91 Å². The predicted octanol–water partition coefficient (Wildman–Crippen LogP) is 3.39. The number of carbonyl (C=O) groups excluding carboxylic acids is 1. The smallest absolute Gasteiger partial charge is 0.233 e. The number of carbonyl (C=O) groups is 1. The first kappa shape index (κ1) is 14.5. The molecule has 0 aliphatic carbocycles. The number of aromatic nitrogens is 1. The highest BCUT2D eigenvalue weighted by atomic mass is 35.5. The van der Waals surface area contributed by atoms with Gasteiger partial charge in [0.25, 0.3) is 0 Å². The van der Waals surface area contributed by atoms with Crippen molar-refractivity contribution in [2.75, 3.05) is 6.54 Å². The van der Waals surface area contributed by atoms with Crippen molar-refractivity contribution in [1.29, 1.82) is 0 Å². The Labute approximate surface area is 124 Å². The summed E-state index contributed by atoms with van der Waals surface area (Å²) in [6.45, 7) is 2.69. The summed E-state index contributed by atoms with van der Waals surface area (Å²) in [7, 11) is 0. The highest BCUT2D eigenvalue weighted by Crippen LogP contribution is 2.24. The van der Waals surface area contributed by atoms with Crippen LogP contribution in [-0.4, -0.2) is 17.4 Å². The van der Waals surface area contributed by atoms with Gasteiger partial charge in [-0.25, -0.2) is 0 Å². The first-order valence-electron chi connectivity index (χ1n) is 6.66. The Morgan fingerprint density at radius 2 is 2.00 bits per heavy atom. The van der Waals surface area contributed by atoms with E-state index in [1.54, 1.807) is 18.3 Å². The quantitative estimate of drug-likeness (QED) is 0.916. The van der Waals surface area contributed by atoms with Gasteiger partial charge in [-0.2, -0.15) is 0 Å². The van der Waals surface area contributed by atoms with Gasteiger partial charge in [0.05, 0.1) is 5.69 Å². The van der Waals surface area contributed by atoms with Gasteiger partial charge in [-0.05, 0) is 36.2 Å². The second-order valence-electron chi connectivity index (χ2n) is 4.53. The molecule has 1 amide bonds. The van der Waals surface area contributed by atoms with Crippen molar-refractivity contribution in [3.05, 3.63) is 64.9 Å². The van der Waals surface area contributed by atoms with Crippen LogP contribution in [0.1, 0.15) is 30.5 Å². The lowest BCUT2D eigenvalue weighted by atomic mass is 9.94. The minimum atomic E-state index is -0.403. The third-order valence-electron chi connectivity index (χ3n) is 3.00. The largest absolute Gasteiger partial charge is 0.355 e. The van der Waals surface area contributed by atoms with Crippen molar-refractivity contribution in [2.45, 2.75) is 19.3 Å². The van der Waals surface area contributed by atoms with E-state index in [-0.39, 0.29) is 5.91 Å². The maximum absolute atomic E-state index is 12.4. The molecule has 0 aliphatic rings. The standard InChI is InChI=1S/C16H17ClN2O/c1-2-10-19-16(20)15(14-5-3-4-11-18-14)12-6-8-13(17)9-7-12/h3-9,11,15H,2,10H2,1H3,(H,19,20). The zero-order chi connectivity index (χ0) is 14.4. The Morgan fingerprint density at radius 3 is 2.60 bits per heavy atom. The number of hydrogen-bond acceptors (Lipinski definition) is 2. The van der Waals surface area contributed by atoms with Crippen molar-refractivity contribution >= 4 is 17.5 Å². The molecule has 0 spiro atoms. The van der Waals surface area contributed by atoms with E-state index < -0.39 is 5.92 Å². The first-order valence-corrected chi connectivity index (χ1v) is 7.04. The molecule has 20 heavy (non-hydrogen) atoms. The number of rotatable bonds is 5. The highest BCUT2D eigenvalue weighted by Gasteiger charge is 2.23. The summed E-state index contributed by atoms with van der Waals surface area (Å²) >= 11 is 5.91. The molecule has 3 nitrogen and oxygen atoms in total. The summed E-state index contributed by atoms with van der Waals surface area (Å²) in [5.41, 5.74) is 1.63. The molecule has 4 heteroatoms. The Bertz CT molecular complexity index is 554. The molecule has 1 atom stereocenters. The van der Waals surface area contributed by atoms with Crippen molar-refractivity contribution in [2.24, 2.45) is 0 Å². The molecule has 0 saturated heterocycles. The minimum absolute atomic E-state index is 0.0344. The van der Waals surface area contributed by atoms with Crippen LogP contribution in [0.4, 0.5) is 0 Å². The summed E-state index contributed by atoms with van der Waals surface area (Å²) in [4.78, 5) is 16.7. The molecule has 0 saturated carbocycles. The molecule has 2 aromatic rings. The molecule has 0 aliphatic heterocycles. The molecule has 0 radical (unpaired) electrons. The molecule has 1 aromatic carbocycles. The Kier molecular flexibility index (Phi) is 5.13. The van der Waals surface area contributed by atoms with Crippen LogP contribution in [0.2, 0.25) is 5.02 Å². The zero-order valence-corrected chi connectivity index (χ0v) is 12.1. The fraction of sp³-hybridized carbons (Fsp3) is 0.250. The van der Waals surface area contributed by atoms with E-state index in [0.717, 1.165) is 17.7 Å². The molecular weight excluding hydrogens is 272 g/mol. The van der Waals surface area contributed by atoms with Crippen LogP contribution >= 0.6 is 11.6 Å². The summed E-state index contributed by atoms with van der Waals surface area (Å²) in [6.07, 6.45) is 2.60. The van der Waals surface area contributed by atoms with Gasteiger partial charge in [-0.15, -0.1) is 0 Å². The predicted molar refractivity (Wildman–Crippen MR) is 80.8 cm³/mol. The molecule has 0 bridgehead atoms. The summed E-state index contributed by atoms with van der Waals surface area (Å²) in [6, 6.07) is 12.9. The van der Waals surface area contributed by atoms with Gasteiger partial charge in [0.1, 0.15) is 5.92 Å². The molecular formula is C16H17ClN2O. The summed E-state index contributed by atoms with van der Waals surface area (Å²) in [5.74, 6) is -0.437. The Balaban J connectivity index is 2.34. The average molecular weight is 289 g/mol. The van der Waals surface area contributed by atoms with E-state index in [0.29, 0.717) is 11.6 Å². The van der Waals surface area contributed by atoms with Crippen molar-refractivity contribution in [3.8, 4) is 0 Å². The molecule has 2 rings (SSSR count). The van der Waals surface area contributed by atoms with E-state index in [1.165, 1.54) is 0 Å². The molecule has 1 heterocycles. The molecule has 0 fully saturated rings. The van der Waals surface area contributed by atoms with Crippen LogP contribution in [0.5, 0.6) is 0 Å². The van der Waals surface area contributed by atoms with E-state index in [2.05, 4.69) is 10.3 Å². The summed E-state index contributed by atoms with van der Waals surface area (Å²) < 4.78 is 0. The number of pyridine rings is 1. The lowest BCUT2D eigenvalue weighted by Crippen LogP contribution is -2.31. The SMILES string of the molecule is CCCNC(=O)C(c1ccc(Cl)cc1)c1ccccn1. The zero-order valence-electron chi connectivity index (χ0n) is 11.3. The lowest BCUT2D eigenvalue weighted by molar-refractivity contribution is -0.121. The molecule has 1 N–H and O–H groups in total. The number of hydrogen-bond donors (Lipinski definition) is 1. The molecule has 104 valence electrons. The third-order valence-corrected chi connectivity index (χ3v) is 3.25. The monoisotopic (exact) mass is 288 g/mol. The van der Waals surface area contributed by atoms with Crippen LogP contribution in [0.3, 0.4) is 0 Å². The van der Waals surface area contributed by atoms with Gasteiger partial charge in [-0.3, -0.25) is 9.78 Å². The third kappa shape index (κ3) is 3.58. The second-order valence-corrected chi connectivity index (χ2v) is 4.97. The van der Waals surface area contributed by atoms with Gasteiger partial charge in [-0.1, -0.05) is 36.7 Å². The molecule has 1 unspecified atom stereocenters. The maximum Gasteiger partial charge on any atom is 0.233 e. The summed E-state index contributed by atoms with van der Waals surface area (Å²) in [5, 5.41) is 3.59. The maximum atomic E-state index is 12.4. The number of nitrogens with zero attached hydrogens (tertiary/aromatic N) is 1. The minimum Gasteiger partial charge on any atom is -0.355 e. The van der Waals surface area contributed by atoms with E-state index in [9.17, 15) is 4.79 Å². The van der Waals surface area contributed by atoms with Crippen molar-refractivity contribution in [3.63, 3.8) is 0 Å².